The molecule has 1 fully saturated rings. The van der Waals surface area contributed by atoms with Gasteiger partial charge in [0.05, 0.1) is 30.6 Å². The molecule has 1 N–H and O–H groups in total. The van der Waals surface area contributed by atoms with Gasteiger partial charge in [-0.25, -0.2) is 4.79 Å². The largest absolute Gasteiger partial charge is 0.458 e. The minimum absolute atomic E-state index is 0.00451. The Morgan fingerprint density at radius 1 is 1.07 bits per heavy atom. The van der Waals surface area contributed by atoms with Gasteiger partial charge in [-0.1, -0.05) is 57.5 Å². The standard InChI is InChI=1S/C33H55N3O6/c1-11-22(2)29(35(7)8)27(40-9)21-28(37)36-19-15-18-26(36)30(41-10)23(3)31(38)34-25(32(39)42-33(4,5)6)20-24-16-13-12-14-17-24/h12-14,16-17,22-23,25-27,29-30H,11,15,18-21H2,1-10H3,(H,34,38)/t22-,23+,25-,26-,27+,29-,30+/m0/s1. The van der Waals surface area contributed by atoms with E-state index in [0.29, 0.717) is 18.9 Å². The molecule has 1 aliphatic rings. The monoisotopic (exact) mass is 589 g/mol. The van der Waals surface area contributed by atoms with E-state index in [2.05, 4.69) is 24.1 Å². The molecule has 1 heterocycles. The second-order valence-electron chi connectivity index (χ2n) is 12.9. The Balaban J connectivity index is 2.20. The molecule has 1 saturated heterocycles. The molecule has 2 rings (SSSR count). The van der Waals surface area contributed by atoms with Gasteiger partial charge in [0.15, 0.2) is 0 Å². The van der Waals surface area contributed by atoms with Crippen molar-refractivity contribution in [3.63, 3.8) is 0 Å². The van der Waals surface area contributed by atoms with Gasteiger partial charge in [-0.2, -0.15) is 0 Å². The highest BCUT2D eigenvalue weighted by atomic mass is 16.6. The molecular formula is C33H55N3O6. The summed E-state index contributed by atoms with van der Waals surface area (Å²) in [4.78, 5) is 44.4. The average Bonchev–Trinajstić information content (AvgIpc) is 3.41. The molecule has 2 amide bonds. The molecule has 9 heteroatoms. The van der Waals surface area contributed by atoms with E-state index in [1.807, 2.05) is 49.3 Å². The normalized spacial score (nSPS) is 20.0. The lowest BCUT2D eigenvalue weighted by molar-refractivity contribution is -0.159. The third-order valence-corrected chi connectivity index (χ3v) is 8.35. The molecule has 0 spiro atoms. The van der Waals surface area contributed by atoms with Gasteiger partial charge in [0, 0.05) is 33.2 Å². The zero-order valence-corrected chi connectivity index (χ0v) is 27.5. The van der Waals surface area contributed by atoms with Crippen molar-refractivity contribution in [3.05, 3.63) is 35.9 Å². The van der Waals surface area contributed by atoms with Gasteiger partial charge in [-0.15, -0.1) is 0 Å². The summed E-state index contributed by atoms with van der Waals surface area (Å²) in [7, 11) is 7.29. The highest BCUT2D eigenvalue weighted by Crippen LogP contribution is 2.29. The van der Waals surface area contributed by atoms with Crippen LogP contribution in [0.2, 0.25) is 0 Å². The number of nitrogens with one attached hydrogen (secondary N) is 1. The Morgan fingerprint density at radius 3 is 2.24 bits per heavy atom. The van der Waals surface area contributed by atoms with Gasteiger partial charge in [0.2, 0.25) is 11.8 Å². The number of likely N-dealkylation sites (tertiary alicyclic amines) is 1. The summed E-state index contributed by atoms with van der Waals surface area (Å²) in [6.45, 7) is 12.2. The summed E-state index contributed by atoms with van der Waals surface area (Å²) in [5.41, 5.74) is 0.223. The van der Waals surface area contributed by atoms with Gasteiger partial charge < -0.3 is 29.3 Å². The van der Waals surface area contributed by atoms with E-state index in [1.54, 1.807) is 41.9 Å². The predicted octanol–water partition coefficient (Wildman–Crippen LogP) is 4.08. The zero-order chi connectivity index (χ0) is 31.6. The molecule has 0 bridgehead atoms. The van der Waals surface area contributed by atoms with Crippen molar-refractivity contribution in [2.45, 2.75) is 110 Å². The average molecular weight is 590 g/mol. The first-order chi connectivity index (χ1) is 19.7. The molecule has 1 aromatic rings. The predicted molar refractivity (Wildman–Crippen MR) is 165 cm³/mol. The first-order valence-corrected chi connectivity index (χ1v) is 15.3. The summed E-state index contributed by atoms with van der Waals surface area (Å²) in [5.74, 6) is -1.05. The minimum Gasteiger partial charge on any atom is -0.458 e. The zero-order valence-electron chi connectivity index (χ0n) is 27.5. The molecule has 42 heavy (non-hydrogen) atoms. The van der Waals surface area contributed by atoms with E-state index >= 15 is 0 Å². The van der Waals surface area contributed by atoms with E-state index in [1.165, 1.54) is 0 Å². The summed E-state index contributed by atoms with van der Waals surface area (Å²) in [6.07, 6.45) is 2.33. The van der Waals surface area contributed by atoms with E-state index < -0.39 is 29.6 Å². The number of ether oxygens (including phenoxy) is 3. The summed E-state index contributed by atoms with van der Waals surface area (Å²) in [6, 6.07) is 8.53. The SMILES string of the molecule is CC[C@H](C)[C@@H]([C@@H](CC(=O)N1CCC[C@H]1[C@H](OC)[C@@H](C)C(=O)N[C@@H](Cc1ccccc1)C(=O)OC(C)(C)C)OC)N(C)C. The maximum Gasteiger partial charge on any atom is 0.329 e. The minimum atomic E-state index is -0.855. The smallest absolute Gasteiger partial charge is 0.329 e. The molecule has 238 valence electrons. The number of nitrogens with zero attached hydrogens (tertiary/aromatic N) is 2. The number of amides is 2. The Kier molecular flexibility index (Phi) is 13.9. The lowest BCUT2D eigenvalue weighted by atomic mass is 9.90. The maximum absolute atomic E-state index is 13.7. The van der Waals surface area contributed by atoms with Crippen LogP contribution in [0.4, 0.5) is 0 Å². The molecule has 0 aliphatic carbocycles. The number of rotatable bonds is 15. The highest BCUT2D eigenvalue weighted by Gasteiger charge is 2.42. The molecule has 9 nitrogen and oxygen atoms in total. The number of hydrogen-bond donors (Lipinski definition) is 1. The topological polar surface area (TPSA) is 97.4 Å². The fourth-order valence-corrected chi connectivity index (χ4v) is 6.09. The molecule has 0 unspecified atom stereocenters. The number of likely N-dealkylation sites (N-methyl/N-ethyl adjacent to an activating group) is 1. The van der Waals surface area contributed by atoms with Crippen molar-refractivity contribution < 1.29 is 28.6 Å². The Labute approximate surface area is 253 Å². The molecule has 0 saturated carbocycles. The summed E-state index contributed by atoms with van der Waals surface area (Å²) >= 11 is 0. The first kappa shape index (κ1) is 35.7. The number of esters is 1. The van der Waals surface area contributed by atoms with Crippen molar-refractivity contribution in [2.24, 2.45) is 11.8 Å². The Hall–Kier alpha value is -2.49. The second kappa shape index (κ2) is 16.4. The van der Waals surface area contributed by atoms with E-state index in [-0.39, 0.29) is 36.4 Å². The Morgan fingerprint density at radius 2 is 1.71 bits per heavy atom. The van der Waals surface area contributed by atoms with E-state index in [4.69, 9.17) is 14.2 Å². The summed E-state index contributed by atoms with van der Waals surface area (Å²) < 4.78 is 17.4. The van der Waals surface area contributed by atoms with Crippen LogP contribution in [0.25, 0.3) is 0 Å². The molecule has 0 aromatic heterocycles. The number of carbonyl (C=O) groups is 3. The van der Waals surface area contributed by atoms with Crippen molar-refractivity contribution in [1.29, 1.82) is 0 Å². The van der Waals surface area contributed by atoms with Crippen LogP contribution in [-0.2, 0) is 35.0 Å². The molecule has 1 aliphatic heterocycles. The lowest BCUT2D eigenvalue weighted by Crippen LogP contribution is -2.54. The van der Waals surface area contributed by atoms with Gasteiger partial charge in [-0.05, 0) is 59.2 Å². The quantitative estimate of drug-likeness (QED) is 0.308. The van der Waals surface area contributed by atoms with Crippen molar-refractivity contribution in [1.82, 2.24) is 15.1 Å². The highest BCUT2D eigenvalue weighted by molar-refractivity contribution is 5.86. The van der Waals surface area contributed by atoms with Crippen LogP contribution >= 0.6 is 0 Å². The van der Waals surface area contributed by atoms with Crippen molar-refractivity contribution in [2.75, 3.05) is 34.9 Å². The van der Waals surface area contributed by atoms with Gasteiger partial charge in [0.1, 0.15) is 11.6 Å². The Bertz CT molecular complexity index is 995. The fourth-order valence-electron chi connectivity index (χ4n) is 6.09. The third-order valence-electron chi connectivity index (χ3n) is 8.35. The number of benzene rings is 1. The molecule has 0 radical (unpaired) electrons. The second-order valence-corrected chi connectivity index (χ2v) is 12.9. The van der Waals surface area contributed by atoms with Crippen molar-refractivity contribution >= 4 is 17.8 Å². The molecule has 1 aromatic carbocycles. The molecular weight excluding hydrogens is 534 g/mol. The maximum atomic E-state index is 13.7. The third kappa shape index (κ3) is 10.1. The van der Waals surface area contributed by atoms with Crippen LogP contribution in [0.15, 0.2) is 30.3 Å². The number of hydrogen-bond acceptors (Lipinski definition) is 7. The van der Waals surface area contributed by atoms with Crippen LogP contribution in [0, 0.1) is 11.8 Å². The van der Waals surface area contributed by atoms with E-state index in [9.17, 15) is 14.4 Å². The van der Waals surface area contributed by atoms with Crippen molar-refractivity contribution in [3.8, 4) is 0 Å². The lowest BCUT2D eigenvalue weighted by Gasteiger charge is -2.38. The summed E-state index contributed by atoms with van der Waals surface area (Å²) in [5, 5.41) is 2.94. The number of carbonyl (C=O) groups excluding carboxylic acids is 3. The van der Waals surface area contributed by atoms with E-state index in [0.717, 1.165) is 24.8 Å². The molecule has 7 atom stereocenters. The van der Waals surface area contributed by atoms with Crippen LogP contribution < -0.4 is 5.32 Å². The van der Waals surface area contributed by atoms with Gasteiger partial charge in [0.25, 0.3) is 0 Å². The van der Waals surface area contributed by atoms with Crippen LogP contribution in [0.5, 0.6) is 0 Å². The van der Waals surface area contributed by atoms with Crippen LogP contribution in [0.1, 0.15) is 72.8 Å². The first-order valence-electron chi connectivity index (χ1n) is 15.3. The van der Waals surface area contributed by atoms with Gasteiger partial charge in [-0.3, -0.25) is 9.59 Å². The fraction of sp³-hybridized carbons (Fsp3) is 0.727. The van der Waals surface area contributed by atoms with Gasteiger partial charge >= 0.3 is 5.97 Å². The van der Waals surface area contributed by atoms with Crippen LogP contribution in [-0.4, -0.2) is 98.4 Å². The van der Waals surface area contributed by atoms with Crippen LogP contribution in [0.3, 0.4) is 0 Å². The number of methoxy groups -OCH3 is 2.